The van der Waals surface area contributed by atoms with Gasteiger partial charge in [0.25, 0.3) is 5.56 Å². The van der Waals surface area contributed by atoms with Crippen LogP contribution in [0.2, 0.25) is 0 Å². The van der Waals surface area contributed by atoms with Gasteiger partial charge in [-0.05, 0) is 36.1 Å². The van der Waals surface area contributed by atoms with Crippen molar-refractivity contribution < 1.29 is 0 Å². The lowest BCUT2D eigenvalue weighted by Crippen LogP contribution is -2.21. The molecule has 0 spiro atoms. The van der Waals surface area contributed by atoms with E-state index in [0.717, 1.165) is 28.7 Å². The van der Waals surface area contributed by atoms with E-state index in [0.29, 0.717) is 17.9 Å². The Morgan fingerprint density at radius 1 is 1.15 bits per heavy atom. The summed E-state index contributed by atoms with van der Waals surface area (Å²) >= 11 is 0. The number of aromatic nitrogens is 4. The van der Waals surface area contributed by atoms with Gasteiger partial charge in [0.05, 0.1) is 11.1 Å². The number of nitrogens with zero attached hydrogens (tertiary/aromatic N) is 4. The molecule has 0 radical (unpaired) electrons. The second kappa shape index (κ2) is 7.07. The average Bonchev–Trinajstić information content (AvgIpc) is 3.14. The molecule has 0 saturated heterocycles. The molecule has 4 rings (SSSR count). The Bertz CT molecular complexity index is 1160. The summed E-state index contributed by atoms with van der Waals surface area (Å²) in [6, 6.07) is 11.8. The Labute approximate surface area is 157 Å². The van der Waals surface area contributed by atoms with Gasteiger partial charge in [-0.25, -0.2) is 4.98 Å². The zero-order valence-electron chi connectivity index (χ0n) is 15.4. The van der Waals surface area contributed by atoms with Crippen LogP contribution in [0.5, 0.6) is 0 Å². The van der Waals surface area contributed by atoms with Crippen LogP contribution < -0.4 is 10.9 Å². The molecule has 0 amide bonds. The summed E-state index contributed by atoms with van der Waals surface area (Å²) in [4.78, 5) is 21.4. The summed E-state index contributed by atoms with van der Waals surface area (Å²) in [5.41, 5.74) is 3.65. The maximum atomic E-state index is 12.9. The first kappa shape index (κ1) is 17.0. The number of benzene rings is 1. The zero-order valence-corrected chi connectivity index (χ0v) is 15.4. The molecule has 3 aromatic heterocycles. The second-order valence-electron chi connectivity index (χ2n) is 6.54. The van der Waals surface area contributed by atoms with Gasteiger partial charge in [-0.15, -0.1) is 0 Å². The molecule has 0 atom stereocenters. The molecule has 0 saturated carbocycles. The van der Waals surface area contributed by atoms with E-state index in [-0.39, 0.29) is 5.56 Å². The van der Waals surface area contributed by atoms with Gasteiger partial charge in [0.1, 0.15) is 5.82 Å². The van der Waals surface area contributed by atoms with E-state index in [1.807, 2.05) is 60.3 Å². The van der Waals surface area contributed by atoms with Gasteiger partial charge in [-0.3, -0.25) is 9.78 Å². The molecule has 0 aliphatic rings. The lowest BCUT2D eigenvalue weighted by Gasteiger charge is -2.12. The Hall–Kier alpha value is -3.41. The van der Waals surface area contributed by atoms with Crippen LogP contribution in [0, 0.1) is 6.92 Å². The summed E-state index contributed by atoms with van der Waals surface area (Å²) in [6.45, 7) is 3.45. The van der Waals surface area contributed by atoms with Crippen molar-refractivity contribution in [2.45, 2.75) is 13.5 Å². The Morgan fingerprint density at radius 3 is 2.85 bits per heavy atom. The first-order valence-corrected chi connectivity index (χ1v) is 8.90. The predicted molar refractivity (Wildman–Crippen MR) is 108 cm³/mol. The van der Waals surface area contributed by atoms with Crippen LogP contribution in [0.25, 0.3) is 22.3 Å². The molecule has 0 unspecified atom stereocenters. The van der Waals surface area contributed by atoms with E-state index in [2.05, 4.69) is 15.3 Å². The van der Waals surface area contributed by atoms with Crippen LogP contribution in [0.4, 0.5) is 5.69 Å². The van der Waals surface area contributed by atoms with Crippen LogP contribution in [-0.2, 0) is 13.6 Å². The molecule has 136 valence electrons. The van der Waals surface area contributed by atoms with Crippen LogP contribution in [-0.4, -0.2) is 25.6 Å². The third-order valence-corrected chi connectivity index (χ3v) is 4.78. The van der Waals surface area contributed by atoms with Crippen LogP contribution in [0.3, 0.4) is 0 Å². The lowest BCUT2D eigenvalue weighted by molar-refractivity contribution is 0.732. The molecular formula is C21H21N5O. The number of imidazole rings is 1. The number of para-hydroxylation sites is 1. The van der Waals surface area contributed by atoms with Crippen LogP contribution in [0.15, 0.2) is 66.0 Å². The third kappa shape index (κ3) is 3.21. The van der Waals surface area contributed by atoms with Crippen molar-refractivity contribution in [3.63, 3.8) is 0 Å². The van der Waals surface area contributed by atoms with Crippen molar-refractivity contribution in [1.82, 2.24) is 19.1 Å². The van der Waals surface area contributed by atoms with E-state index in [9.17, 15) is 4.79 Å². The predicted octanol–water partition coefficient (Wildman–Crippen LogP) is 3.22. The van der Waals surface area contributed by atoms with Crippen molar-refractivity contribution >= 4 is 16.6 Å². The number of hydrogen-bond acceptors (Lipinski definition) is 4. The molecule has 0 aliphatic heterocycles. The minimum absolute atomic E-state index is 0.0425. The molecule has 1 aromatic carbocycles. The molecule has 0 bridgehead atoms. The molecular weight excluding hydrogens is 338 g/mol. The molecule has 4 aromatic rings. The standard InChI is InChI=1S/C21H21N5O/c1-15-14-22-8-7-18(15)23-9-11-26-12-10-24-20(26)17-13-16-5-3-4-6-19(16)25(2)21(17)27/h3-8,10,12-14H,9,11H2,1-2H3,(H,22,23). The maximum Gasteiger partial charge on any atom is 0.261 e. The minimum Gasteiger partial charge on any atom is -0.383 e. The summed E-state index contributed by atoms with van der Waals surface area (Å²) in [5.74, 6) is 0.689. The van der Waals surface area contributed by atoms with Gasteiger partial charge >= 0.3 is 0 Å². The van der Waals surface area contributed by atoms with Crippen molar-refractivity contribution in [2.75, 3.05) is 11.9 Å². The van der Waals surface area contributed by atoms with Crippen molar-refractivity contribution in [3.05, 3.63) is 77.1 Å². The number of aryl methyl sites for hydroxylation is 2. The van der Waals surface area contributed by atoms with Gasteiger partial charge in [0.15, 0.2) is 0 Å². The molecule has 6 heteroatoms. The van der Waals surface area contributed by atoms with Gasteiger partial charge in [0.2, 0.25) is 0 Å². The molecule has 27 heavy (non-hydrogen) atoms. The monoisotopic (exact) mass is 359 g/mol. The minimum atomic E-state index is -0.0425. The van der Waals surface area contributed by atoms with E-state index >= 15 is 0 Å². The fourth-order valence-corrected chi connectivity index (χ4v) is 3.30. The van der Waals surface area contributed by atoms with E-state index in [1.54, 1.807) is 24.0 Å². The topological polar surface area (TPSA) is 64.7 Å². The second-order valence-corrected chi connectivity index (χ2v) is 6.54. The first-order valence-electron chi connectivity index (χ1n) is 8.90. The van der Waals surface area contributed by atoms with Gasteiger partial charge in [0, 0.05) is 50.6 Å². The van der Waals surface area contributed by atoms with Crippen molar-refractivity contribution in [2.24, 2.45) is 7.05 Å². The fraction of sp³-hybridized carbons (Fsp3) is 0.190. The molecule has 0 fully saturated rings. The summed E-state index contributed by atoms with van der Waals surface area (Å²) in [5, 5.41) is 4.44. The summed E-state index contributed by atoms with van der Waals surface area (Å²) in [7, 11) is 1.80. The normalized spacial score (nSPS) is 11.0. The highest BCUT2D eigenvalue weighted by molar-refractivity contribution is 5.83. The lowest BCUT2D eigenvalue weighted by atomic mass is 10.1. The Kier molecular flexibility index (Phi) is 4.46. The van der Waals surface area contributed by atoms with Crippen molar-refractivity contribution in [3.8, 4) is 11.4 Å². The largest absolute Gasteiger partial charge is 0.383 e. The van der Waals surface area contributed by atoms with Gasteiger partial charge < -0.3 is 14.5 Å². The van der Waals surface area contributed by atoms with Gasteiger partial charge in [-0.2, -0.15) is 0 Å². The summed E-state index contributed by atoms with van der Waals surface area (Å²) < 4.78 is 3.69. The number of nitrogens with one attached hydrogen (secondary N) is 1. The Morgan fingerprint density at radius 2 is 2.00 bits per heavy atom. The van der Waals surface area contributed by atoms with Crippen LogP contribution >= 0.6 is 0 Å². The van der Waals surface area contributed by atoms with E-state index in [1.165, 1.54) is 0 Å². The highest BCUT2D eigenvalue weighted by Gasteiger charge is 2.13. The number of anilines is 1. The average molecular weight is 359 g/mol. The third-order valence-electron chi connectivity index (χ3n) is 4.78. The summed E-state index contributed by atoms with van der Waals surface area (Å²) in [6.07, 6.45) is 7.26. The highest BCUT2D eigenvalue weighted by atomic mass is 16.1. The smallest absolute Gasteiger partial charge is 0.261 e. The Balaban J connectivity index is 1.63. The highest BCUT2D eigenvalue weighted by Crippen LogP contribution is 2.20. The maximum absolute atomic E-state index is 12.9. The van der Waals surface area contributed by atoms with E-state index < -0.39 is 0 Å². The first-order chi connectivity index (χ1) is 13.1. The molecule has 0 aliphatic carbocycles. The van der Waals surface area contributed by atoms with E-state index in [4.69, 9.17) is 0 Å². The fourth-order valence-electron chi connectivity index (χ4n) is 3.30. The zero-order chi connectivity index (χ0) is 18.8. The number of fused-ring (bicyclic) bond motifs is 1. The number of rotatable bonds is 5. The molecule has 3 heterocycles. The SMILES string of the molecule is Cc1cnccc1NCCn1ccnc1-c1cc2ccccc2n(C)c1=O. The number of pyridine rings is 2. The van der Waals surface area contributed by atoms with Crippen LogP contribution in [0.1, 0.15) is 5.56 Å². The van der Waals surface area contributed by atoms with Gasteiger partial charge in [-0.1, -0.05) is 18.2 Å². The quantitative estimate of drug-likeness (QED) is 0.594. The molecule has 1 N–H and O–H groups in total. The number of hydrogen-bond donors (Lipinski definition) is 1. The molecule has 6 nitrogen and oxygen atoms in total. The van der Waals surface area contributed by atoms with Crippen molar-refractivity contribution in [1.29, 1.82) is 0 Å².